The van der Waals surface area contributed by atoms with Crippen LogP contribution in [0.3, 0.4) is 0 Å². The number of halogens is 1. The smallest absolute Gasteiger partial charge is 0.251 e. The number of rotatable bonds is 3. The maximum Gasteiger partial charge on any atom is 0.251 e. The van der Waals surface area contributed by atoms with E-state index in [1.54, 1.807) is 6.07 Å². The van der Waals surface area contributed by atoms with Gasteiger partial charge in [-0.2, -0.15) is 0 Å². The van der Waals surface area contributed by atoms with Gasteiger partial charge in [0.05, 0.1) is 5.60 Å². The second-order valence-corrected chi connectivity index (χ2v) is 5.95. The maximum absolute atomic E-state index is 12.1. The molecule has 0 aromatic heterocycles. The van der Waals surface area contributed by atoms with E-state index in [-0.39, 0.29) is 12.5 Å². The number of hydrogen-bond donors (Lipinski definition) is 2. The zero-order valence-electron chi connectivity index (χ0n) is 10.9. The average molecular weight is 328 g/mol. The molecule has 0 bridgehead atoms. The predicted octanol–water partition coefficient (Wildman–Crippen LogP) is 2.03. The Morgan fingerprint density at radius 3 is 2.74 bits per heavy atom. The first kappa shape index (κ1) is 14.5. The van der Waals surface area contributed by atoms with E-state index >= 15 is 0 Å². The summed E-state index contributed by atoms with van der Waals surface area (Å²) in [4.78, 5) is 12.1. The number of carbonyl (C=O) groups excluding carboxylic acids is 1. The van der Waals surface area contributed by atoms with Crippen LogP contribution in [-0.4, -0.2) is 36.4 Å². The van der Waals surface area contributed by atoms with E-state index in [2.05, 4.69) is 21.2 Å². The molecule has 5 heteroatoms. The van der Waals surface area contributed by atoms with Crippen molar-refractivity contribution in [3.63, 3.8) is 0 Å². The summed E-state index contributed by atoms with van der Waals surface area (Å²) in [5, 5.41) is 13.1. The van der Waals surface area contributed by atoms with Crippen LogP contribution >= 0.6 is 15.9 Å². The van der Waals surface area contributed by atoms with Crippen LogP contribution in [0, 0.1) is 6.92 Å². The highest BCUT2D eigenvalue weighted by Crippen LogP contribution is 2.20. The van der Waals surface area contributed by atoms with Gasteiger partial charge < -0.3 is 15.2 Å². The zero-order valence-corrected chi connectivity index (χ0v) is 12.5. The molecule has 4 nitrogen and oxygen atoms in total. The number of ether oxygens (including phenoxy) is 1. The molecular weight excluding hydrogens is 310 g/mol. The highest BCUT2D eigenvalue weighted by molar-refractivity contribution is 9.10. The lowest BCUT2D eigenvalue weighted by atomic mass is 9.94. The van der Waals surface area contributed by atoms with Crippen LogP contribution in [0.5, 0.6) is 0 Å². The van der Waals surface area contributed by atoms with Gasteiger partial charge in [-0.05, 0) is 30.7 Å². The van der Waals surface area contributed by atoms with Crippen molar-refractivity contribution in [2.45, 2.75) is 25.4 Å². The Bertz CT molecular complexity index is 450. The number of hydrogen-bond acceptors (Lipinski definition) is 3. The highest BCUT2D eigenvalue weighted by atomic mass is 79.9. The molecule has 104 valence electrons. The first-order valence-electron chi connectivity index (χ1n) is 6.34. The van der Waals surface area contributed by atoms with E-state index in [0.717, 1.165) is 10.0 Å². The van der Waals surface area contributed by atoms with Crippen LogP contribution < -0.4 is 5.32 Å². The van der Waals surface area contributed by atoms with Gasteiger partial charge in [-0.3, -0.25) is 4.79 Å². The molecular formula is C14H18BrNO3. The Kier molecular flexibility index (Phi) is 4.60. The SMILES string of the molecule is Cc1cc(Br)cc(C(=O)NCC2(O)CCOCC2)c1. The maximum atomic E-state index is 12.1. The molecule has 0 saturated carbocycles. The summed E-state index contributed by atoms with van der Waals surface area (Å²) in [6.45, 7) is 3.29. The predicted molar refractivity (Wildman–Crippen MR) is 76.2 cm³/mol. The fourth-order valence-electron chi connectivity index (χ4n) is 2.14. The summed E-state index contributed by atoms with van der Waals surface area (Å²) in [5.41, 5.74) is 0.779. The number of benzene rings is 1. The van der Waals surface area contributed by atoms with Crippen molar-refractivity contribution in [2.24, 2.45) is 0 Å². The van der Waals surface area contributed by atoms with Crippen molar-refractivity contribution in [1.82, 2.24) is 5.32 Å². The largest absolute Gasteiger partial charge is 0.388 e. The highest BCUT2D eigenvalue weighted by Gasteiger charge is 2.30. The van der Waals surface area contributed by atoms with Crippen molar-refractivity contribution in [1.29, 1.82) is 0 Å². The van der Waals surface area contributed by atoms with Crippen molar-refractivity contribution in [3.8, 4) is 0 Å². The molecule has 1 aliphatic rings. The normalized spacial score (nSPS) is 18.1. The molecule has 2 N–H and O–H groups in total. The monoisotopic (exact) mass is 327 g/mol. The van der Waals surface area contributed by atoms with Crippen molar-refractivity contribution in [2.75, 3.05) is 19.8 Å². The Morgan fingerprint density at radius 2 is 2.11 bits per heavy atom. The quantitative estimate of drug-likeness (QED) is 0.893. The van der Waals surface area contributed by atoms with Gasteiger partial charge in [-0.1, -0.05) is 15.9 Å². The van der Waals surface area contributed by atoms with E-state index in [4.69, 9.17) is 4.74 Å². The Hall–Kier alpha value is -0.910. The van der Waals surface area contributed by atoms with Gasteiger partial charge in [0.15, 0.2) is 0 Å². The second kappa shape index (κ2) is 6.03. The lowest BCUT2D eigenvalue weighted by molar-refractivity contribution is -0.0605. The Morgan fingerprint density at radius 1 is 1.42 bits per heavy atom. The van der Waals surface area contributed by atoms with E-state index in [9.17, 15) is 9.90 Å². The molecule has 0 aliphatic carbocycles. The third-order valence-corrected chi connectivity index (χ3v) is 3.76. The standard InChI is InChI=1S/C14H18BrNO3/c1-10-6-11(8-12(15)7-10)13(17)16-9-14(18)2-4-19-5-3-14/h6-8,18H,2-5,9H2,1H3,(H,16,17). The van der Waals surface area contributed by atoms with Crippen molar-refractivity contribution < 1.29 is 14.6 Å². The summed E-state index contributed by atoms with van der Waals surface area (Å²) >= 11 is 3.37. The summed E-state index contributed by atoms with van der Waals surface area (Å²) in [6.07, 6.45) is 1.12. The molecule has 0 atom stereocenters. The molecule has 1 heterocycles. The van der Waals surface area contributed by atoms with Crippen molar-refractivity contribution in [3.05, 3.63) is 33.8 Å². The van der Waals surface area contributed by atoms with Gasteiger partial charge in [0, 0.05) is 42.6 Å². The minimum Gasteiger partial charge on any atom is -0.388 e. The fourth-order valence-corrected chi connectivity index (χ4v) is 2.75. The Balaban J connectivity index is 1.97. The summed E-state index contributed by atoms with van der Waals surface area (Å²) < 4.78 is 6.09. The van der Waals surface area contributed by atoms with E-state index in [1.165, 1.54) is 0 Å². The van der Waals surface area contributed by atoms with Crippen LogP contribution in [-0.2, 0) is 4.74 Å². The molecule has 1 fully saturated rings. The number of aryl methyl sites for hydroxylation is 1. The first-order chi connectivity index (χ1) is 8.98. The van der Waals surface area contributed by atoms with Gasteiger partial charge in [0.2, 0.25) is 0 Å². The van der Waals surface area contributed by atoms with Crippen LogP contribution in [0.2, 0.25) is 0 Å². The van der Waals surface area contributed by atoms with E-state index in [1.807, 2.05) is 19.1 Å². The number of nitrogens with one attached hydrogen (secondary N) is 1. The number of amides is 1. The third-order valence-electron chi connectivity index (χ3n) is 3.31. The minimum atomic E-state index is -0.838. The number of aliphatic hydroxyl groups is 1. The lowest BCUT2D eigenvalue weighted by Gasteiger charge is -2.32. The molecule has 1 aliphatic heterocycles. The van der Waals surface area contributed by atoms with Gasteiger partial charge in [0.25, 0.3) is 5.91 Å². The fraction of sp³-hybridized carbons (Fsp3) is 0.500. The van der Waals surface area contributed by atoms with Gasteiger partial charge in [0.1, 0.15) is 0 Å². The van der Waals surface area contributed by atoms with Crippen LogP contribution in [0.4, 0.5) is 0 Å². The summed E-state index contributed by atoms with van der Waals surface area (Å²) in [5.74, 6) is -0.163. The van der Waals surface area contributed by atoms with Crippen molar-refractivity contribution >= 4 is 21.8 Å². The molecule has 1 aromatic rings. The molecule has 2 rings (SSSR count). The van der Waals surface area contributed by atoms with Gasteiger partial charge in [-0.25, -0.2) is 0 Å². The molecule has 19 heavy (non-hydrogen) atoms. The molecule has 0 unspecified atom stereocenters. The zero-order chi connectivity index (χ0) is 13.9. The topological polar surface area (TPSA) is 58.6 Å². The van der Waals surface area contributed by atoms with Crippen LogP contribution in [0.25, 0.3) is 0 Å². The number of carbonyl (C=O) groups is 1. The lowest BCUT2D eigenvalue weighted by Crippen LogP contribution is -2.46. The first-order valence-corrected chi connectivity index (χ1v) is 7.13. The van der Waals surface area contributed by atoms with Gasteiger partial charge in [-0.15, -0.1) is 0 Å². The molecule has 1 saturated heterocycles. The van der Waals surface area contributed by atoms with E-state index in [0.29, 0.717) is 31.6 Å². The molecule has 1 aromatic carbocycles. The molecule has 1 amide bonds. The third kappa shape index (κ3) is 4.03. The molecule has 0 radical (unpaired) electrons. The minimum absolute atomic E-state index is 0.163. The van der Waals surface area contributed by atoms with Crippen LogP contribution in [0.15, 0.2) is 22.7 Å². The van der Waals surface area contributed by atoms with Crippen LogP contribution in [0.1, 0.15) is 28.8 Å². The summed E-state index contributed by atoms with van der Waals surface area (Å²) in [7, 11) is 0. The average Bonchev–Trinajstić information content (AvgIpc) is 2.36. The van der Waals surface area contributed by atoms with E-state index < -0.39 is 5.60 Å². The summed E-state index contributed by atoms with van der Waals surface area (Å²) in [6, 6.07) is 5.55. The van der Waals surface area contributed by atoms with Gasteiger partial charge >= 0.3 is 0 Å². The second-order valence-electron chi connectivity index (χ2n) is 5.04. The molecule has 0 spiro atoms. The Labute approximate surface area is 121 Å².